The summed E-state index contributed by atoms with van der Waals surface area (Å²) in [5.74, 6) is 5.44. The predicted octanol–water partition coefficient (Wildman–Crippen LogP) is 7.02. The first-order chi connectivity index (χ1) is 11.5. The van der Waals surface area contributed by atoms with Gasteiger partial charge < -0.3 is 0 Å². The van der Waals surface area contributed by atoms with Gasteiger partial charge in [-0.1, -0.05) is 64.8 Å². The maximum Gasteiger partial charge on any atom is -0.00845 e. The molecule has 8 atom stereocenters. The van der Waals surface area contributed by atoms with E-state index >= 15 is 0 Å². The van der Waals surface area contributed by atoms with Crippen molar-refractivity contribution in [1.82, 2.24) is 0 Å². The van der Waals surface area contributed by atoms with Gasteiger partial charge in [0.05, 0.1) is 0 Å². The summed E-state index contributed by atoms with van der Waals surface area (Å²) in [6, 6.07) is 0. The van der Waals surface area contributed by atoms with Crippen LogP contribution < -0.4 is 0 Å². The fraction of sp³-hybridized carbons (Fsp3) is 0.833. The molecule has 0 aromatic carbocycles. The second-order valence-electron chi connectivity index (χ2n) is 10.1. The van der Waals surface area contributed by atoms with Crippen molar-refractivity contribution in [2.75, 3.05) is 0 Å². The summed E-state index contributed by atoms with van der Waals surface area (Å²) in [7, 11) is 0. The van der Waals surface area contributed by atoms with Crippen molar-refractivity contribution in [3.63, 3.8) is 0 Å². The smallest absolute Gasteiger partial charge is 0.00845 e. The molecule has 0 aromatic heterocycles. The Kier molecular flexibility index (Phi) is 4.25. The number of rotatable bonds is 3. The molecule has 4 rings (SSSR count). The first-order valence-corrected chi connectivity index (χ1v) is 10.9. The van der Waals surface area contributed by atoms with Crippen molar-refractivity contribution in [1.29, 1.82) is 0 Å². The Morgan fingerprint density at radius 1 is 1.08 bits per heavy atom. The second-order valence-corrected chi connectivity index (χ2v) is 10.1. The normalized spacial score (nSPS) is 50.9. The third kappa shape index (κ3) is 2.31. The molecule has 0 heteroatoms. The van der Waals surface area contributed by atoms with Gasteiger partial charge in [0, 0.05) is 0 Å². The Balaban J connectivity index is 1.65. The van der Waals surface area contributed by atoms with Crippen molar-refractivity contribution in [2.45, 2.75) is 79.1 Å². The summed E-state index contributed by atoms with van der Waals surface area (Å²) in [4.78, 5) is 0. The van der Waals surface area contributed by atoms with Crippen LogP contribution in [-0.4, -0.2) is 0 Å². The molecule has 0 amide bonds. The van der Waals surface area contributed by atoms with Crippen LogP contribution in [0.1, 0.15) is 79.1 Å². The largest absolute Gasteiger partial charge is 0.0882 e. The molecule has 2 saturated carbocycles. The molecule has 4 aliphatic rings. The Morgan fingerprint density at radius 3 is 2.71 bits per heavy atom. The molecule has 0 nitrogen and oxygen atoms in total. The third-order valence-corrected chi connectivity index (χ3v) is 9.10. The lowest BCUT2D eigenvalue weighted by Crippen LogP contribution is -2.50. The minimum Gasteiger partial charge on any atom is -0.0882 e. The Hall–Kier alpha value is -0.520. The summed E-state index contributed by atoms with van der Waals surface area (Å²) in [6.45, 7) is 10.1. The molecule has 0 aliphatic heterocycles. The van der Waals surface area contributed by atoms with E-state index in [1.54, 1.807) is 0 Å². The molecule has 0 bridgehead atoms. The third-order valence-electron chi connectivity index (χ3n) is 9.10. The fourth-order valence-corrected chi connectivity index (χ4v) is 7.80. The van der Waals surface area contributed by atoms with Gasteiger partial charge in [0.2, 0.25) is 0 Å². The van der Waals surface area contributed by atoms with Gasteiger partial charge in [-0.3, -0.25) is 0 Å². The van der Waals surface area contributed by atoms with Crippen LogP contribution in [0, 0.1) is 46.3 Å². The summed E-state index contributed by atoms with van der Waals surface area (Å²) in [5, 5.41) is 0. The number of allylic oxidation sites excluding steroid dienone is 4. The molecule has 0 heterocycles. The first kappa shape index (κ1) is 16.9. The van der Waals surface area contributed by atoms with Crippen LogP contribution in [0.3, 0.4) is 0 Å². The minimum atomic E-state index is 0.490. The van der Waals surface area contributed by atoms with Gasteiger partial charge >= 0.3 is 0 Å². The highest BCUT2D eigenvalue weighted by atomic mass is 14.6. The first-order valence-electron chi connectivity index (χ1n) is 10.9. The van der Waals surface area contributed by atoms with E-state index in [4.69, 9.17) is 0 Å². The van der Waals surface area contributed by atoms with Gasteiger partial charge in [-0.05, 0) is 84.9 Å². The van der Waals surface area contributed by atoms with Crippen molar-refractivity contribution in [3.8, 4) is 0 Å². The van der Waals surface area contributed by atoms with Crippen LogP contribution in [0.15, 0.2) is 24.3 Å². The predicted molar refractivity (Wildman–Crippen MR) is 104 cm³/mol. The molecular weight excluding hydrogens is 288 g/mol. The summed E-state index contributed by atoms with van der Waals surface area (Å²) in [5.41, 5.74) is 1.03. The van der Waals surface area contributed by atoms with Crippen molar-refractivity contribution in [3.05, 3.63) is 24.3 Å². The molecule has 0 unspecified atom stereocenters. The Bertz CT molecular complexity index is 528. The van der Waals surface area contributed by atoms with Gasteiger partial charge in [0.15, 0.2) is 0 Å². The lowest BCUT2D eigenvalue weighted by Gasteiger charge is -2.57. The van der Waals surface area contributed by atoms with Gasteiger partial charge in [-0.2, -0.15) is 0 Å². The molecule has 0 N–H and O–H groups in total. The topological polar surface area (TPSA) is 0 Å². The molecule has 0 spiro atoms. The zero-order valence-electron chi connectivity index (χ0n) is 16.4. The Morgan fingerprint density at radius 2 is 1.92 bits per heavy atom. The highest BCUT2D eigenvalue weighted by Gasteiger charge is 2.57. The monoisotopic (exact) mass is 326 g/mol. The van der Waals surface area contributed by atoms with E-state index in [2.05, 4.69) is 52.0 Å². The fourth-order valence-electron chi connectivity index (χ4n) is 7.80. The summed E-state index contributed by atoms with van der Waals surface area (Å²) in [6.07, 6.45) is 21.9. The molecule has 134 valence electrons. The molecule has 0 aromatic rings. The van der Waals surface area contributed by atoms with Crippen LogP contribution in [0.4, 0.5) is 0 Å². The lowest BCUT2D eigenvalue weighted by molar-refractivity contribution is -0.0267. The molecule has 0 saturated heterocycles. The molecular formula is C24H38. The molecule has 4 aliphatic carbocycles. The zero-order valence-corrected chi connectivity index (χ0v) is 16.4. The van der Waals surface area contributed by atoms with Crippen LogP contribution >= 0.6 is 0 Å². The quantitative estimate of drug-likeness (QED) is 0.489. The van der Waals surface area contributed by atoms with Gasteiger partial charge in [-0.15, -0.1) is 0 Å². The minimum absolute atomic E-state index is 0.490. The zero-order chi connectivity index (χ0) is 16.9. The number of fused-ring (bicyclic) bond motifs is 5. The van der Waals surface area contributed by atoms with E-state index < -0.39 is 0 Å². The van der Waals surface area contributed by atoms with E-state index in [9.17, 15) is 0 Å². The molecule has 24 heavy (non-hydrogen) atoms. The van der Waals surface area contributed by atoms with Gasteiger partial charge in [0.1, 0.15) is 0 Å². The van der Waals surface area contributed by atoms with E-state index in [0.29, 0.717) is 10.8 Å². The standard InChI is InChI=1S/C24H38/c1-5-8-17(2)20-12-13-21-19-11-10-18-9-6-7-15-23(18,3)22(19)14-16-24(20,21)4/h6,9,14,16-22H,5,7-8,10-13,15H2,1-4H3/t17-,18+,19+,20-,21+,22+,23+,24-/m1/s1. The second kappa shape index (κ2) is 6.03. The maximum absolute atomic E-state index is 2.73. The Labute approximate surface area is 150 Å². The van der Waals surface area contributed by atoms with Crippen LogP contribution in [0.25, 0.3) is 0 Å². The number of hydrogen-bond acceptors (Lipinski definition) is 0. The summed E-state index contributed by atoms with van der Waals surface area (Å²) >= 11 is 0. The van der Waals surface area contributed by atoms with Crippen molar-refractivity contribution in [2.24, 2.45) is 46.3 Å². The van der Waals surface area contributed by atoms with E-state index in [-0.39, 0.29) is 0 Å². The van der Waals surface area contributed by atoms with Gasteiger partial charge in [0.25, 0.3) is 0 Å². The van der Waals surface area contributed by atoms with E-state index in [1.807, 2.05) is 0 Å². The highest BCUT2D eigenvalue weighted by Crippen LogP contribution is 2.65. The SMILES string of the molecule is CCC[C@@H](C)[C@H]1CC[C@H]2[C@@H]3CC[C@@H]4C=CCC[C@]4(C)[C@H]3C=C[C@]12C. The van der Waals surface area contributed by atoms with Crippen molar-refractivity contribution >= 4 is 0 Å². The number of hydrogen-bond donors (Lipinski definition) is 0. The van der Waals surface area contributed by atoms with E-state index in [1.165, 1.54) is 51.4 Å². The van der Waals surface area contributed by atoms with Crippen LogP contribution in [-0.2, 0) is 0 Å². The summed E-state index contributed by atoms with van der Waals surface area (Å²) < 4.78 is 0. The maximum atomic E-state index is 2.73. The van der Waals surface area contributed by atoms with Gasteiger partial charge in [-0.25, -0.2) is 0 Å². The highest BCUT2D eigenvalue weighted by molar-refractivity contribution is 5.22. The molecule has 2 fully saturated rings. The van der Waals surface area contributed by atoms with Crippen molar-refractivity contribution < 1.29 is 0 Å². The van der Waals surface area contributed by atoms with E-state index in [0.717, 1.165) is 35.5 Å². The molecule has 0 radical (unpaired) electrons. The van der Waals surface area contributed by atoms with Crippen LogP contribution in [0.5, 0.6) is 0 Å². The lowest BCUT2D eigenvalue weighted by atomic mass is 9.47. The van der Waals surface area contributed by atoms with Crippen LogP contribution in [0.2, 0.25) is 0 Å². The average molecular weight is 327 g/mol. The average Bonchev–Trinajstić information content (AvgIpc) is 2.92.